The Kier molecular flexibility index (Phi) is 4.14. The molecule has 0 aromatic heterocycles. The van der Waals surface area contributed by atoms with E-state index in [2.05, 4.69) is 0 Å². The fourth-order valence-corrected chi connectivity index (χ4v) is 0.666. The summed E-state index contributed by atoms with van der Waals surface area (Å²) in [5, 5.41) is 16.8. The average molecular weight is 154 g/mol. The van der Waals surface area contributed by atoms with Crippen LogP contribution in [0.5, 0.6) is 0 Å². The first-order valence-electron chi connectivity index (χ1n) is 2.82. The molecule has 0 radical (unpaired) electrons. The maximum Gasteiger partial charge on any atom is 0.0954 e. The third-order valence-electron chi connectivity index (χ3n) is 1.05. The van der Waals surface area contributed by atoms with Gasteiger partial charge in [0, 0.05) is 26.1 Å². The Morgan fingerprint density at radius 1 is 1.22 bits per heavy atom. The molecule has 3 nitrogen and oxygen atoms in total. The van der Waals surface area contributed by atoms with Crippen molar-refractivity contribution in [2.24, 2.45) is 5.73 Å². The van der Waals surface area contributed by atoms with Gasteiger partial charge in [0.05, 0.1) is 5.00 Å². The van der Waals surface area contributed by atoms with Gasteiger partial charge in [-0.05, 0) is 0 Å². The van der Waals surface area contributed by atoms with E-state index in [1.54, 1.807) is 0 Å². The summed E-state index contributed by atoms with van der Waals surface area (Å²) in [4.78, 5) is -0.927. The van der Waals surface area contributed by atoms with Crippen LogP contribution in [0.1, 0.15) is 12.8 Å². The minimum absolute atomic E-state index is 0.0417. The second kappa shape index (κ2) is 4.06. The molecule has 0 aromatic carbocycles. The van der Waals surface area contributed by atoms with Crippen LogP contribution in [0, 0.1) is 0 Å². The van der Waals surface area contributed by atoms with Gasteiger partial charge in [-0.3, -0.25) is 0 Å². The third-order valence-corrected chi connectivity index (χ3v) is 1.43. The van der Waals surface area contributed by atoms with Gasteiger partial charge in [-0.2, -0.15) is 0 Å². The first-order chi connectivity index (χ1) is 4.12. The van der Waals surface area contributed by atoms with Crippen LogP contribution in [0.25, 0.3) is 0 Å². The Balaban J connectivity index is 3.43. The molecule has 0 aromatic rings. The molecule has 0 rings (SSSR count). The van der Waals surface area contributed by atoms with Crippen LogP contribution in [-0.2, 0) is 0 Å². The molecule has 0 unspecified atom stereocenters. The van der Waals surface area contributed by atoms with Crippen LogP contribution >= 0.6 is 11.6 Å². The molecule has 0 aliphatic rings. The molecule has 0 saturated carbocycles. The largest absolute Gasteiger partial charge is 0.396 e. The Bertz CT molecular complexity index is 69.4. The van der Waals surface area contributed by atoms with Crippen molar-refractivity contribution in [2.75, 3.05) is 13.2 Å². The number of aliphatic hydroxyl groups excluding tert-OH is 2. The molecule has 0 aliphatic carbocycles. The summed E-state index contributed by atoms with van der Waals surface area (Å²) in [5.41, 5.74) is 5.38. The molecule has 0 heterocycles. The number of hydrogen-bond donors (Lipinski definition) is 3. The van der Waals surface area contributed by atoms with E-state index in [-0.39, 0.29) is 13.2 Å². The molecule has 0 atom stereocenters. The van der Waals surface area contributed by atoms with Gasteiger partial charge in [-0.1, -0.05) is 0 Å². The van der Waals surface area contributed by atoms with Crippen molar-refractivity contribution in [1.82, 2.24) is 0 Å². The molecule has 0 saturated heterocycles. The van der Waals surface area contributed by atoms with Crippen LogP contribution in [-0.4, -0.2) is 28.4 Å². The van der Waals surface area contributed by atoms with Gasteiger partial charge in [-0.25, -0.2) is 0 Å². The Hall–Kier alpha value is 0.170. The van der Waals surface area contributed by atoms with Crippen LogP contribution in [0.2, 0.25) is 0 Å². The topological polar surface area (TPSA) is 66.5 Å². The summed E-state index contributed by atoms with van der Waals surface area (Å²) in [6, 6.07) is 0. The molecule has 56 valence electrons. The molecule has 9 heavy (non-hydrogen) atoms. The lowest BCUT2D eigenvalue weighted by Gasteiger charge is -2.18. The lowest BCUT2D eigenvalue weighted by Crippen LogP contribution is -2.35. The van der Waals surface area contributed by atoms with E-state index in [0.717, 1.165) is 0 Å². The zero-order valence-corrected chi connectivity index (χ0v) is 5.93. The minimum Gasteiger partial charge on any atom is -0.396 e. The van der Waals surface area contributed by atoms with Gasteiger partial charge < -0.3 is 15.9 Å². The van der Waals surface area contributed by atoms with Gasteiger partial charge in [-0.15, -0.1) is 11.6 Å². The quantitative estimate of drug-likeness (QED) is 0.382. The lowest BCUT2D eigenvalue weighted by atomic mass is 10.1. The minimum atomic E-state index is -0.927. The van der Waals surface area contributed by atoms with Gasteiger partial charge >= 0.3 is 0 Å². The second-order valence-electron chi connectivity index (χ2n) is 1.98. The van der Waals surface area contributed by atoms with E-state index < -0.39 is 5.00 Å². The molecule has 0 fully saturated rings. The molecule has 0 aliphatic heterocycles. The standard InChI is InChI=1S/C5H12ClNO2/c6-5(7,1-3-8)2-4-9/h8-9H,1-4,7H2. The highest BCUT2D eigenvalue weighted by atomic mass is 35.5. The van der Waals surface area contributed by atoms with Gasteiger partial charge in [0.1, 0.15) is 0 Å². The van der Waals surface area contributed by atoms with Crippen molar-refractivity contribution in [3.63, 3.8) is 0 Å². The van der Waals surface area contributed by atoms with E-state index in [1.165, 1.54) is 0 Å². The highest BCUT2D eigenvalue weighted by molar-refractivity contribution is 6.23. The predicted octanol–water partition coefficient (Wildman–Crippen LogP) is -0.355. The van der Waals surface area contributed by atoms with E-state index in [4.69, 9.17) is 27.5 Å². The monoisotopic (exact) mass is 153 g/mol. The van der Waals surface area contributed by atoms with E-state index in [1.807, 2.05) is 0 Å². The second-order valence-corrected chi connectivity index (χ2v) is 2.73. The summed E-state index contributed by atoms with van der Waals surface area (Å²) in [7, 11) is 0. The Morgan fingerprint density at radius 3 is 1.78 bits per heavy atom. The Labute approximate surface area is 59.4 Å². The summed E-state index contributed by atoms with van der Waals surface area (Å²) in [6.45, 7) is -0.0833. The van der Waals surface area contributed by atoms with Gasteiger partial charge in [0.25, 0.3) is 0 Å². The maximum absolute atomic E-state index is 8.38. The smallest absolute Gasteiger partial charge is 0.0954 e. The van der Waals surface area contributed by atoms with E-state index >= 15 is 0 Å². The van der Waals surface area contributed by atoms with Crippen molar-refractivity contribution in [3.8, 4) is 0 Å². The van der Waals surface area contributed by atoms with Crippen LogP contribution in [0.15, 0.2) is 0 Å². The van der Waals surface area contributed by atoms with Crippen molar-refractivity contribution >= 4 is 11.6 Å². The summed E-state index contributed by atoms with van der Waals surface area (Å²) in [5.74, 6) is 0. The average Bonchev–Trinajstić information content (AvgIpc) is 1.64. The number of nitrogens with two attached hydrogens (primary N) is 1. The third kappa shape index (κ3) is 4.66. The highest BCUT2D eigenvalue weighted by Gasteiger charge is 2.18. The van der Waals surface area contributed by atoms with Crippen molar-refractivity contribution in [2.45, 2.75) is 17.8 Å². The summed E-state index contributed by atoms with van der Waals surface area (Å²) >= 11 is 5.59. The molecular formula is C5H12ClNO2. The van der Waals surface area contributed by atoms with Crippen molar-refractivity contribution < 1.29 is 10.2 Å². The van der Waals surface area contributed by atoms with Crippen molar-refractivity contribution in [3.05, 3.63) is 0 Å². The predicted molar refractivity (Wildman–Crippen MR) is 36.2 cm³/mol. The molecule has 0 spiro atoms. The SMILES string of the molecule is NC(Cl)(CCO)CCO. The van der Waals surface area contributed by atoms with Crippen LogP contribution < -0.4 is 5.73 Å². The number of aliphatic hydroxyl groups is 2. The van der Waals surface area contributed by atoms with Gasteiger partial charge in [0.15, 0.2) is 0 Å². The first kappa shape index (κ1) is 9.17. The van der Waals surface area contributed by atoms with E-state index in [0.29, 0.717) is 12.8 Å². The fourth-order valence-electron chi connectivity index (χ4n) is 0.497. The lowest BCUT2D eigenvalue weighted by molar-refractivity contribution is 0.230. The first-order valence-corrected chi connectivity index (χ1v) is 3.20. The van der Waals surface area contributed by atoms with Gasteiger partial charge in [0.2, 0.25) is 0 Å². The number of alkyl halides is 1. The highest BCUT2D eigenvalue weighted by Crippen LogP contribution is 2.15. The molecular weight excluding hydrogens is 142 g/mol. The summed E-state index contributed by atoms with van der Waals surface area (Å²) < 4.78 is 0. The normalized spacial score (nSPS) is 12.0. The summed E-state index contributed by atoms with van der Waals surface area (Å²) in [6.07, 6.45) is 0.629. The van der Waals surface area contributed by atoms with Crippen LogP contribution in [0.4, 0.5) is 0 Å². The van der Waals surface area contributed by atoms with Crippen LogP contribution in [0.3, 0.4) is 0 Å². The molecule has 0 amide bonds. The number of hydrogen-bond acceptors (Lipinski definition) is 3. The zero-order chi connectivity index (χ0) is 7.33. The maximum atomic E-state index is 8.38. The fraction of sp³-hybridized carbons (Fsp3) is 1.00. The molecule has 4 N–H and O–H groups in total. The molecule has 4 heteroatoms. The van der Waals surface area contributed by atoms with E-state index in [9.17, 15) is 0 Å². The Morgan fingerprint density at radius 2 is 1.56 bits per heavy atom. The number of rotatable bonds is 4. The van der Waals surface area contributed by atoms with Crippen molar-refractivity contribution in [1.29, 1.82) is 0 Å². The zero-order valence-electron chi connectivity index (χ0n) is 5.18. The number of halogens is 1. The molecule has 0 bridgehead atoms.